The molecule has 1 fully saturated rings. The van der Waals surface area contributed by atoms with Crippen molar-refractivity contribution in [2.75, 3.05) is 19.8 Å². The Morgan fingerprint density at radius 2 is 2.16 bits per heavy atom. The topological polar surface area (TPSA) is 30.5 Å². The maximum absolute atomic E-state index is 5.85. The van der Waals surface area contributed by atoms with Crippen molar-refractivity contribution in [1.29, 1.82) is 0 Å². The van der Waals surface area contributed by atoms with Gasteiger partial charge in [0.1, 0.15) is 5.75 Å². The predicted octanol–water partition coefficient (Wildman–Crippen LogP) is 3.31. The Kier molecular flexibility index (Phi) is 5.67. The number of hydrogen-bond donors (Lipinski definition) is 1. The Bertz CT molecular complexity index is 377. The van der Waals surface area contributed by atoms with E-state index >= 15 is 0 Å². The van der Waals surface area contributed by atoms with Gasteiger partial charge in [-0.1, -0.05) is 26.0 Å². The molecule has 1 aromatic rings. The molecule has 0 aromatic heterocycles. The van der Waals surface area contributed by atoms with Crippen LogP contribution >= 0.6 is 0 Å². The van der Waals surface area contributed by atoms with E-state index in [2.05, 4.69) is 37.4 Å². The Morgan fingerprint density at radius 1 is 1.32 bits per heavy atom. The minimum absolute atomic E-state index is 0.249. The number of hydrogen-bond acceptors (Lipinski definition) is 3. The lowest BCUT2D eigenvalue weighted by molar-refractivity contribution is 0.112. The molecule has 1 unspecified atom stereocenters. The highest BCUT2D eigenvalue weighted by molar-refractivity contribution is 5.31. The van der Waals surface area contributed by atoms with Gasteiger partial charge in [0.15, 0.2) is 0 Å². The van der Waals surface area contributed by atoms with Crippen LogP contribution in [0.25, 0.3) is 0 Å². The van der Waals surface area contributed by atoms with E-state index in [1.807, 2.05) is 6.07 Å². The molecule has 1 aliphatic carbocycles. The normalized spacial score (nSPS) is 16.3. The molecule has 1 aromatic carbocycles. The summed E-state index contributed by atoms with van der Waals surface area (Å²) in [6, 6.07) is 8.64. The summed E-state index contributed by atoms with van der Waals surface area (Å²) in [6.07, 6.45) is 3.90. The van der Waals surface area contributed by atoms with Gasteiger partial charge in [0.25, 0.3) is 0 Å². The van der Waals surface area contributed by atoms with Gasteiger partial charge < -0.3 is 14.8 Å². The largest absolute Gasteiger partial charge is 0.490 e. The zero-order valence-corrected chi connectivity index (χ0v) is 12.0. The molecule has 0 bridgehead atoms. The lowest BCUT2D eigenvalue weighted by atomic mass is 10.1. The third-order valence-electron chi connectivity index (χ3n) is 3.17. The lowest BCUT2D eigenvalue weighted by Gasteiger charge is -2.19. The highest BCUT2D eigenvalue weighted by Gasteiger charge is 2.23. The van der Waals surface area contributed by atoms with E-state index < -0.39 is 0 Å². The summed E-state index contributed by atoms with van der Waals surface area (Å²) in [4.78, 5) is 0. The fourth-order valence-corrected chi connectivity index (χ4v) is 2.05. The summed E-state index contributed by atoms with van der Waals surface area (Å²) in [6.45, 7) is 6.73. The first kappa shape index (κ1) is 14.4. The zero-order valence-electron chi connectivity index (χ0n) is 12.0. The van der Waals surface area contributed by atoms with Crippen LogP contribution in [0.3, 0.4) is 0 Å². The average molecular weight is 263 g/mol. The molecule has 0 saturated heterocycles. The van der Waals surface area contributed by atoms with Gasteiger partial charge in [0.2, 0.25) is 0 Å². The minimum Gasteiger partial charge on any atom is -0.490 e. The van der Waals surface area contributed by atoms with Crippen LogP contribution in [0.2, 0.25) is 0 Å². The van der Waals surface area contributed by atoms with Gasteiger partial charge in [0.05, 0.1) is 18.8 Å². The summed E-state index contributed by atoms with van der Waals surface area (Å²) in [5.74, 6) is 0.985. The Labute approximate surface area is 116 Å². The van der Waals surface area contributed by atoms with E-state index in [9.17, 15) is 0 Å². The summed E-state index contributed by atoms with van der Waals surface area (Å²) in [5, 5.41) is 3.47. The Balaban J connectivity index is 1.97. The molecule has 0 heterocycles. The first-order valence-electron chi connectivity index (χ1n) is 7.41. The van der Waals surface area contributed by atoms with Crippen molar-refractivity contribution in [3.05, 3.63) is 29.8 Å². The maximum atomic E-state index is 5.85. The van der Waals surface area contributed by atoms with E-state index in [1.54, 1.807) is 0 Å². The monoisotopic (exact) mass is 263 g/mol. The molecule has 3 nitrogen and oxygen atoms in total. The SMILES string of the molecule is CCCOCC(NCC)c1cccc(OC2CC2)c1. The third-order valence-corrected chi connectivity index (χ3v) is 3.17. The fourth-order valence-electron chi connectivity index (χ4n) is 2.05. The van der Waals surface area contributed by atoms with Crippen molar-refractivity contribution >= 4 is 0 Å². The van der Waals surface area contributed by atoms with Crippen molar-refractivity contribution in [1.82, 2.24) is 5.32 Å². The first-order valence-corrected chi connectivity index (χ1v) is 7.41. The molecule has 19 heavy (non-hydrogen) atoms. The second-order valence-electron chi connectivity index (χ2n) is 5.07. The van der Waals surface area contributed by atoms with Crippen LogP contribution in [0, 0.1) is 0 Å². The van der Waals surface area contributed by atoms with Crippen molar-refractivity contribution < 1.29 is 9.47 Å². The number of benzene rings is 1. The molecule has 0 aliphatic heterocycles. The number of nitrogens with one attached hydrogen (secondary N) is 1. The van der Waals surface area contributed by atoms with Crippen LogP contribution in [0.1, 0.15) is 44.7 Å². The molecule has 2 rings (SSSR count). The molecule has 0 amide bonds. The van der Waals surface area contributed by atoms with Gasteiger partial charge in [-0.3, -0.25) is 0 Å². The van der Waals surface area contributed by atoms with Gasteiger partial charge >= 0.3 is 0 Å². The molecule has 1 saturated carbocycles. The van der Waals surface area contributed by atoms with Crippen LogP contribution in [0.15, 0.2) is 24.3 Å². The van der Waals surface area contributed by atoms with Crippen molar-refractivity contribution in [3.63, 3.8) is 0 Å². The lowest BCUT2D eigenvalue weighted by Crippen LogP contribution is -2.25. The van der Waals surface area contributed by atoms with Crippen LogP contribution in [0.4, 0.5) is 0 Å². The maximum Gasteiger partial charge on any atom is 0.120 e. The fraction of sp³-hybridized carbons (Fsp3) is 0.625. The van der Waals surface area contributed by atoms with E-state index in [0.717, 1.165) is 25.3 Å². The van der Waals surface area contributed by atoms with E-state index in [4.69, 9.17) is 9.47 Å². The molecule has 3 heteroatoms. The molecule has 1 aliphatic rings. The second kappa shape index (κ2) is 7.51. The zero-order chi connectivity index (χ0) is 13.5. The van der Waals surface area contributed by atoms with Crippen LogP contribution in [0.5, 0.6) is 5.75 Å². The summed E-state index contributed by atoms with van der Waals surface area (Å²) in [7, 11) is 0. The summed E-state index contributed by atoms with van der Waals surface area (Å²) >= 11 is 0. The molecule has 1 N–H and O–H groups in total. The highest BCUT2D eigenvalue weighted by atomic mass is 16.5. The molecule has 1 atom stereocenters. The van der Waals surface area contributed by atoms with Crippen molar-refractivity contribution in [2.45, 2.75) is 45.3 Å². The molecular weight excluding hydrogens is 238 g/mol. The second-order valence-corrected chi connectivity index (χ2v) is 5.07. The molecule has 106 valence electrons. The van der Waals surface area contributed by atoms with Gasteiger partial charge in [0, 0.05) is 6.61 Å². The third kappa shape index (κ3) is 4.84. The minimum atomic E-state index is 0.249. The molecule has 0 spiro atoms. The highest BCUT2D eigenvalue weighted by Crippen LogP contribution is 2.28. The Morgan fingerprint density at radius 3 is 2.84 bits per heavy atom. The van der Waals surface area contributed by atoms with Gasteiger partial charge in [-0.15, -0.1) is 0 Å². The average Bonchev–Trinajstić information content (AvgIpc) is 3.22. The van der Waals surface area contributed by atoms with Gasteiger partial charge in [-0.2, -0.15) is 0 Å². The summed E-state index contributed by atoms with van der Waals surface area (Å²) in [5.41, 5.74) is 1.25. The van der Waals surface area contributed by atoms with E-state index in [0.29, 0.717) is 12.7 Å². The number of ether oxygens (including phenoxy) is 2. The molecule has 0 radical (unpaired) electrons. The van der Waals surface area contributed by atoms with Crippen LogP contribution in [-0.4, -0.2) is 25.9 Å². The quantitative estimate of drug-likeness (QED) is 0.693. The van der Waals surface area contributed by atoms with Crippen molar-refractivity contribution in [3.8, 4) is 5.75 Å². The summed E-state index contributed by atoms with van der Waals surface area (Å²) < 4.78 is 11.5. The van der Waals surface area contributed by atoms with E-state index in [-0.39, 0.29) is 6.04 Å². The van der Waals surface area contributed by atoms with Crippen molar-refractivity contribution in [2.24, 2.45) is 0 Å². The van der Waals surface area contributed by atoms with Gasteiger partial charge in [-0.25, -0.2) is 0 Å². The Hall–Kier alpha value is -1.06. The smallest absolute Gasteiger partial charge is 0.120 e. The number of likely N-dealkylation sites (N-methyl/N-ethyl adjacent to an activating group) is 1. The van der Waals surface area contributed by atoms with E-state index in [1.165, 1.54) is 18.4 Å². The van der Waals surface area contributed by atoms with Gasteiger partial charge in [-0.05, 0) is 43.5 Å². The predicted molar refractivity (Wildman–Crippen MR) is 77.6 cm³/mol. The van der Waals surface area contributed by atoms with Crippen LogP contribution in [-0.2, 0) is 4.74 Å². The number of rotatable bonds is 9. The van der Waals surface area contributed by atoms with Crippen LogP contribution < -0.4 is 10.1 Å². The first-order chi connectivity index (χ1) is 9.33. The molecular formula is C16H25NO2. The standard InChI is InChI=1S/C16H25NO2/c1-3-10-18-12-16(17-4-2)13-6-5-7-15(11-13)19-14-8-9-14/h5-7,11,14,16-17H,3-4,8-10,12H2,1-2H3.